The quantitative estimate of drug-likeness (QED) is 0.811. The van der Waals surface area contributed by atoms with Crippen LogP contribution >= 0.6 is 0 Å². The van der Waals surface area contributed by atoms with E-state index in [0.717, 1.165) is 56.9 Å². The summed E-state index contributed by atoms with van der Waals surface area (Å²) in [5.74, 6) is 1.45. The number of likely N-dealkylation sites (tertiary alicyclic amines) is 1. The lowest BCUT2D eigenvalue weighted by molar-refractivity contribution is -0.137. The highest BCUT2D eigenvalue weighted by Crippen LogP contribution is 2.29. The first kappa shape index (κ1) is 20.4. The van der Waals surface area contributed by atoms with Gasteiger partial charge in [0, 0.05) is 31.0 Å². The van der Waals surface area contributed by atoms with E-state index in [1.54, 1.807) is 0 Å². The van der Waals surface area contributed by atoms with Gasteiger partial charge in [0.2, 0.25) is 5.91 Å². The van der Waals surface area contributed by atoms with Gasteiger partial charge in [0.1, 0.15) is 5.82 Å². The van der Waals surface area contributed by atoms with Gasteiger partial charge >= 0.3 is 6.18 Å². The lowest BCUT2D eigenvalue weighted by atomic mass is 9.96. The molecule has 1 aliphatic heterocycles. The summed E-state index contributed by atoms with van der Waals surface area (Å²) in [7, 11) is 0. The van der Waals surface area contributed by atoms with Crippen LogP contribution in [0, 0.1) is 5.92 Å². The van der Waals surface area contributed by atoms with E-state index >= 15 is 0 Å². The molecule has 1 saturated heterocycles. The number of carbonyl (C=O) groups excluding carboxylic acids is 1. The Hall–Kier alpha value is -2.35. The number of alkyl halides is 3. The van der Waals surface area contributed by atoms with Crippen molar-refractivity contribution in [2.45, 2.75) is 38.9 Å². The van der Waals surface area contributed by atoms with Gasteiger partial charge in [-0.3, -0.25) is 9.69 Å². The molecule has 3 rings (SSSR count). The van der Waals surface area contributed by atoms with E-state index in [1.165, 1.54) is 12.1 Å². The number of benzene rings is 1. The number of hydrogen-bond donors (Lipinski definition) is 1. The number of anilines is 1. The molecule has 152 valence electrons. The SMILES string of the molecule is CCc1nccn1CC1CCN(CC(=O)Nc2ccc(C(F)(F)F)cc2)CC1. The third-order valence-electron chi connectivity index (χ3n) is 5.14. The molecule has 8 heteroatoms. The maximum Gasteiger partial charge on any atom is 0.416 e. The van der Waals surface area contributed by atoms with Gasteiger partial charge in [-0.2, -0.15) is 13.2 Å². The van der Waals surface area contributed by atoms with Gasteiger partial charge in [-0.1, -0.05) is 6.92 Å². The number of carbonyl (C=O) groups is 1. The van der Waals surface area contributed by atoms with Crippen molar-refractivity contribution in [2.24, 2.45) is 5.92 Å². The fourth-order valence-electron chi connectivity index (χ4n) is 3.57. The second-order valence-corrected chi connectivity index (χ2v) is 7.19. The van der Waals surface area contributed by atoms with Crippen molar-refractivity contribution in [3.05, 3.63) is 48.0 Å². The molecule has 0 radical (unpaired) electrons. The van der Waals surface area contributed by atoms with Gasteiger partial charge in [0.15, 0.2) is 0 Å². The van der Waals surface area contributed by atoms with Gasteiger partial charge in [-0.15, -0.1) is 0 Å². The number of aryl methyl sites for hydroxylation is 1. The second kappa shape index (κ2) is 8.77. The number of hydrogen-bond acceptors (Lipinski definition) is 3. The molecular weight excluding hydrogens is 369 g/mol. The van der Waals surface area contributed by atoms with Crippen LogP contribution in [0.1, 0.15) is 31.2 Å². The summed E-state index contributed by atoms with van der Waals surface area (Å²) in [4.78, 5) is 18.6. The molecule has 0 unspecified atom stereocenters. The zero-order valence-corrected chi connectivity index (χ0v) is 15.9. The average Bonchev–Trinajstić information content (AvgIpc) is 3.10. The highest BCUT2D eigenvalue weighted by atomic mass is 19.4. The summed E-state index contributed by atoms with van der Waals surface area (Å²) in [5.41, 5.74) is -0.350. The van der Waals surface area contributed by atoms with Crippen molar-refractivity contribution in [2.75, 3.05) is 25.0 Å². The minimum Gasteiger partial charge on any atom is -0.335 e. The number of aromatic nitrogens is 2. The lowest BCUT2D eigenvalue weighted by Crippen LogP contribution is -2.40. The summed E-state index contributed by atoms with van der Waals surface area (Å²) in [6, 6.07) is 4.51. The zero-order valence-electron chi connectivity index (χ0n) is 15.9. The number of halogens is 3. The Morgan fingerprint density at radius 2 is 1.89 bits per heavy atom. The Balaban J connectivity index is 1.43. The van der Waals surface area contributed by atoms with Crippen LogP contribution in [0.25, 0.3) is 0 Å². The molecule has 1 fully saturated rings. The van der Waals surface area contributed by atoms with Crippen molar-refractivity contribution in [1.29, 1.82) is 0 Å². The first-order chi connectivity index (χ1) is 13.3. The zero-order chi connectivity index (χ0) is 20.1. The number of nitrogens with zero attached hydrogens (tertiary/aromatic N) is 3. The number of rotatable bonds is 6. The second-order valence-electron chi connectivity index (χ2n) is 7.19. The number of imidazole rings is 1. The Kier molecular flexibility index (Phi) is 6.39. The number of amides is 1. The van der Waals surface area contributed by atoms with Crippen molar-refractivity contribution in [3.63, 3.8) is 0 Å². The predicted molar refractivity (Wildman–Crippen MR) is 101 cm³/mol. The first-order valence-corrected chi connectivity index (χ1v) is 9.54. The van der Waals surface area contributed by atoms with Crippen LogP contribution < -0.4 is 5.32 Å². The minimum atomic E-state index is -4.37. The Morgan fingerprint density at radius 1 is 1.21 bits per heavy atom. The van der Waals surface area contributed by atoms with Crippen LogP contribution in [0.2, 0.25) is 0 Å². The van der Waals surface area contributed by atoms with Crippen LogP contribution in [0.4, 0.5) is 18.9 Å². The normalized spacial score (nSPS) is 16.3. The van der Waals surface area contributed by atoms with Crippen molar-refractivity contribution >= 4 is 11.6 Å². The molecule has 1 aromatic heterocycles. The highest BCUT2D eigenvalue weighted by Gasteiger charge is 2.30. The largest absolute Gasteiger partial charge is 0.416 e. The van der Waals surface area contributed by atoms with Crippen molar-refractivity contribution in [1.82, 2.24) is 14.5 Å². The van der Waals surface area contributed by atoms with E-state index in [1.807, 2.05) is 12.4 Å². The molecule has 1 aliphatic rings. The standard InChI is InChI=1S/C20H25F3N4O/c1-2-18-24-9-12-27(18)13-15-7-10-26(11-8-15)14-19(28)25-17-5-3-16(4-6-17)20(21,22)23/h3-6,9,12,15H,2,7-8,10-11,13-14H2,1H3,(H,25,28). The van der Waals surface area contributed by atoms with Crippen LogP contribution in [0.3, 0.4) is 0 Å². The lowest BCUT2D eigenvalue weighted by Gasteiger charge is -2.31. The smallest absolute Gasteiger partial charge is 0.335 e. The van der Waals surface area contributed by atoms with Gasteiger partial charge in [-0.25, -0.2) is 4.98 Å². The molecule has 1 amide bonds. The fraction of sp³-hybridized carbons (Fsp3) is 0.500. The minimum absolute atomic E-state index is 0.207. The third kappa shape index (κ3) is 5.34. The Labute approximate surface area is 162 Å². The van der Waals surface area contributed by atoms with E-state index in [0.29, 0.717) is 11.6 Å². The molecule has 0 spiro atoms. The molecule has 28 heavy (non-hydrogen) atoms. The number of nitrogens with one attached hydrogen (secondary N) is 1. The third-order valence-corrected chi connectivity index (χ3v) is 5.14. The van der Waals surface area contributed by atoms with E-state index < -0.39 is 11.7 Å². The van der Waals surface area contributed by atoms with Crippen molar-refractivity contribution in [3.8, 4) is 0 Å². The summed E-state index contributed by atoms with van der Waals surface area (Å²) in [6.07, 6.45) is 2.41. The molecule has 2 heterocycles. The van der Waals surface area contributed by atoms with Gasteiger partial charge in [-0.05, 0) is 56.1 Å². The van der Waals surface area contributed by atoms with Crippen molar-refractivity contribution < 1.29 is 18.0 Å². The fourth-order valence-corrected chi connectivity index (χ4v) is 3.57. The van der Waals surface area contributed by atoms with Gasteiger partial charge in [0.05, 0.1) is 12.1 Å². The van der Waals surface area contributed by atoms with E-state index in [9.17, 15) is 18.0 Å². The van der Waals surface area contributed by atoms with E-state index in [2.05, 4.69) is 26.7 Å². The Morgan fingerprint density at radius 3 is 2.50 bits per heavy atom. The van der Waals surface area contributed by atoms with Crippen LogP contribution in [0.15, 0.2) is 36.7 Å². The molecule has 2 aromatic rings. The van der Waals surface area contributed by atoms with Gasteiger partial charge < -0.3 is 9.88 Å². The Bertz CT molecular complexity index is 777. The molecule has 0 saturated carbocycles. The summed E-state index contributed by atoms with van der Waals surface area (Å²) in [6.45, 7) is 4.97. The maximum absolute atomic E-state index is 12.6. The van der Waals surface area contributed by atoms with Crippen LogP contribution in [-0.2, 0) is 23.9 Å². The maximum atomic E-state index is 12.6. The molecule has 0 bridgehead atoms. The molecule has 1 aromatic carbocycles. The first-order valence-electron chi connectivity index (χ1n) is 9.54. The molecule has 0 atom stereocenters. The molecule has 5 nitrogen and oxygen atoms in total. The predicted octanol–water partition coefficient (Wildman–Crippen LogP) is 3.82. The average molecular weight is 394 g/mol. The highest BCUT2D eigenvalue weighted by molar-refractivity contribution is 5.92. The summed E-state index contributed by atoms with van der Waals surface area (Å²) < 4.78 is 40.0. The monoisotopic (exact) mass is 394 g/mol. The van der Waals surface area contributed by atoms with Crippen LogP contribution in [-0.4, -0.2) is 40.0 Å². The summed E-state index contributed by atoms with van der Waals surface area (Å²) in [5, 5.41) is 2.67. The topological polar surface area (TPSA) is 50.2 Å². The van der Waals surface area contributed by atoms with E-state index in [-0.39, 0.29) is 12.5 Å². The number of piperidine rings is 1. The summed E-state index contributed by atoms with van der Waals surface area (Å²) >= 11 is 0. The van der Waals surface area contributed by atoms with E-state index in [4.69, 9.17) is 0 Å². The molecule has 0 aliphatic carbocycles. The van der Waals surface area contributed by atoms with Crippen LogP contribution in [0.5, 0.6) is 0 Å². The van der Waals surface area contributed by atoms with Gasteiger partial charge in [0.25, 0.3) is 0 Å². The molecular formula is C20H25F3N4O. The molecule has 1 N–H and O–H groups in total.